The molecule has 0 spiro atoms. The Balaban J connectivity index is 1.92. The third-order valence-electron chi connectivity index (χ3n) is 5.83. The summed E-state index contributed by atoms with van der Waals surface area (Å²) in [5.74, 6) is -1.02. The summed E-state index contributed by atoms with van der Waals surface area (Å²) in [5.41, 5.74) is 2.60. The van der Waals surface area contributed by atoms with E-state index in [0.29, 0.717) is 22.9 Å². The van der Waals surface area contributed by atoms with E-state index in [2.05, 4.69) is 13.8 Å². The van der Waals surface area contributed by atoms with Crippen LogP contribution < -0.4 is 9.64 Å². The molecule has 3 aromatic rings. The Bertz CT molecular complexity index is 1230. The number of aliphatic hydroxyl groups excluding tert-OH is 1. The van der Waals surface area contributed by atoms with Gasteiger partial charge in [0.15, 0.2) is 0 Å². The lowest BCUT2D eigenvalue weighted by Gasteiger charge is -2.26. The van der Waals surface area contributed by atoms with Gasteiger partial charge in [-0.1, -0.05) is 67.9 Å². The fourth-order valence-corrected chi connectivity index (χ4v) is 4.23. The molecule has 1 heterocycles. The second-order valence-corrected chi connectivity index (χ2v) is 8.58. The monoisotopic (exact) mass is 461 g/mol. The van der Waals surface area contributed by atoms with Crippen LogP contribution >= 0.6 is 11.6 Å². The molecule has 0 radical (unpaired) electrons. The summed E-state index contributed by atoms with van der Waals surface area (Å²) in [6.45, 7) is 4.17. The highest BCUT2D eigenvalue weighted by Crippen LogP contribution is 2.43. The molecule has 168 valence electrons. The number of hydrogen-bond acceptors (Lipinski definition) is 4. The smallest absolute Gasteiger partial charge is 0.300 e. The first kappa shape index (κ1) is 22.6. The van der Waals surface area contributed by atoms with Gasteiger partial charge in [0, 0.05) is 11.3 Å². The summed E-state index contributed by atoms with van der Waals surface area (Å²) < 4.78 is 5.25. The molecule has 4 rings (SSSR count). The molecule has 1 unspecified atom stereocenters. The van der Waals surface area contributed by atoms with Crippen molar-refractivity contribution in [3.63, 3.8) is 0 Å². The van der Waals surface area contributed by atoms with Crippen LogP contribution in [0.25, 0.3) is 5.76 Å². The van der Waals surface area contributed by atoms with Gasteiger partial charge < -0.3 is 9.84 Å². The molecule has 0 saturated carbocycles. The average molecular weight is 462 g/mol. The molecule has 1 aliphatic rings. The van der Waals surface area contributed by atoms with Crippen LogP contribution in [0.2, 0.25) is 5.02 Å². The van der Waals surface area contributed by atoms with Gasteiger partial charge in [-0.05, 0) is 47.4 Å². The van der Waals surface area contributed by atoms with E-state index >= 15 is 0 Å². The number of hydrogen-bond donors (Lipinski definition) is 1. The van der Waals surface area contributed by atoms with E-state index < -0.39 is 17.7 Å². The van der Waals surface area contributed by atoms with Crippen molar-refractivity contribution in [2.75, 3.05) is 12.0 Å². The Labute approximate surface area is 197 Å². The molecule has 6 heteroatoms. The first-order valence-electron chi connectivity index (χ1n) is 10.6. The first-order chi connectivity index (χ1) is 15.8. The lowest BCUT2D eigenvalue weighted by Crippen LogP contribution is -2.29. The lowest BCUT2D eigenvalue weighted by molar-refractivity contribution is -0.132. The van der Waals surface area contributed by atoms with E-state index in [0.717, 1.165) is 5.56 Å². The van der Waals surface area contributed by atoms with Crippen molar-refractivity contribution in [3.8, 4) is 5.75 Å². The number of ether oxygens (including phenoxy) is 1. The maximum atomic E-state index is 13.2. The van der Waals surface area contributed by atoms with Crippen LogP contribution in [-0.4, -0.2) is 23.9 Å². The summed E-state index contributed by atoms with van der Waals surface area (Å²) in [6.07, 6.45) is 0. The van der Waals surface area contributed by atoms with Gasteiger partial charge in [0.25, 0.3) is 11.7 Å². The fraction of sp³-hybridized carbons (Fsp3) is 0.185. The second-order valence-electron chi connectivity index (χ2n) is 8.17. The van der Waals surface area contributed by atoms with E-state index in [1.165, 1.54) is 12.0 Å². The van der Waals surface area contributed by atoms with Crippen molar-refractivity contribution in [2.24, 2.45) is 0 Å². The molecular weight excluding hydrogens is 438 g/mol. The van der Waals surface area contributed by atoms with Crippen molar-refractivity contribution in [2.45, 2.75) is 25.8 Å². The summed E-state index contributed by atoms with van der Waals surface area (Å²) >= 11 is 6.35. The number of halogens is 1. The molecule has 3 aromatic carbocycles. The molecule has 1 amide bonds. The Hall–Kier alpha value is -3.57. The van der Waals surface area contributed by atoms with Crippen LogP contribution in [0.5, 0.6) is 5.75 Å². The number of Topliss-reactive ketones (excluding diaryl/α,β-unsaturated/α-hetero) is 1. The van der Waals surface area contributed by atoms with Crippen LogP contribution in [0, 0.1) is 0 Å². The third-order valence-corrected chi connectivity index (χ3v) is 6.16. The van der Waals surface area contributed by atoms with Crippen LogP contribution in [0.4, 0.5) is 5.69 Å². The third kappa shape index (κ3) is 4.12. The molecule has 0 aliphatic carbocycles. The number of ketones is 1. The molecule has 5 nitrogen and oxygen atoms in total. The molecule has 0 aromatic heterocycles. The molecule has 0 bridgehead atoms. The summed E-state index contributed by atoms with van der Waals surface area (Å²) in [6, 6.07) is 20.7. The average Bonchev–Trinajstić information content (AvgIpc) is 3.10. The van der Waals surface area contributed by atoms with Gasteiger partial charge in [0.1, 0.15) is 11.5 Å². The standard InChI is InChI=1S/C27H24ClNO4/c1-16(2)17-9-11-19(12-10-17)29-24(18-7-5-4-6-8-18)23(26(31)27(29)32)25(30)21-15-20(33-3)13-14-22(21)28/h4-16,24,30H,1-3H3/b25-23+. The zero-order chi connectivity index (χ0) is 23.7. The van der Waals surface area contributed by atoms with E-state index in [-0.39, 0.29) is 21.9 Å². The highest BCUT2D eigenvalue weighted by atomic mass is 35.5. The van der Waals surface area contributed by atoms with Crippen molar-refractivity contribution >= 4 is 34.7 Å². The van der Waals surface area contributed by atoms with Crippen molar-refractivity contribution in [1.82, 2.24) is 0 Å². The summed E-state index contributed by atoms with van der Waals surface area (Å²) in [4.78, 5) is 27.9. The predicted octanol–water partition coefficient (Wildman–Crippen LogP) is 6.10. The molecule has 1 saturated heterocycles. The van der Waals surface area contributed by atoms with Crippen LogP contribution in [0.1, 0.15) is 42.5 Å². The number of anilines is 1. The van der Waals surface area contributed by atoms with E-state index in [9.17, 15) is 14.7 Å². The first-order valence-corrected chi connectivity index (χ1v) is 11.0. The number of benzene rings is 3. The number of rotatable bonds is 5. The highest BCUT2D eigenvalue weighted by Gasteiger charge is 2.47. The fourth-order valence-electron chi connectivity index (χ4n) is 4.03. The van der Waals surface area contributed by atoms with Gasteiger partial charge in [-0.25, -0.2) is 0 Å². The molecule has 1 aliphatic heterocycles. The Kier molecular flexibility index (Phi) is 6.25. The number of aliphatic hydroxyl groups is 1. The Morgan fingerprint density at radius 3 is 2.27 bits per heavy atom. The van der Waals surface area contributed by atoms with Crippen LogP contribution in [0.15, 0.2) is 78.4 Å². The van der Waals surface area contributed by atoms with Crippen molar-refractivity contribution in [1.29, 1.82) is 0 Å². The maximum absolute atomic E-state index is 13.2. The minimum absolute atomic E-state index is 0.0192. The number of carbonyl (C=O) groups excluding carboxylic acids is 2. The topological polar surface area (TPSA) is 66.8 Å². The van der Waals surface area contributed by atoms with Gasteiger partial charge in [-0.15, -0.1) is 0 Å². The minimum Gasteiger partial charge on any atom is -0.507 e. The van der Waals surface area contributed by atoms with Gasteiger partial charge in [0.05, 0.1) is 23.7 Å². The van der Waals surface area contributed by atoms with E-state index in [4.69, 9.17) is 16.3 Å². The minimum atomic E-state index is -0.807. The van der Waals surface area contributed by atoms with Gasteiger partial charge in [-0.2, -0.15) is 0 Å². The number of amides is 1. The summed E-state index contributed by atoms with van der Waals surface area (Å²) in [7, 11) is 1.50. The highest BCUT2D eigenvalue weighted by molar-refractivity contribution is 6.52. The lowest BCUT2D eigenvalue weighted by atomic mass is 9.95. The number of nitrogens with zero attached hydrogens (tertiary/aromatic N) is 1. The second kappa shape index (κ2) is 9.12. The quantitative estimate of drug-likeness (QED) is 0.283. The largest absolute Gasteiger partial charge is 0.507 e. The van der Waals surface area contributed by atoms with Gasteiger partial charge in [-0.3, -0.25) is 14.5 Å². The number of carbonyl (C=O) groups is 2. The van der Waals surface area contributed by atoms with E-state index in [1.807, 2.05) is 54.6 Å². The van der Waals surface area contributed by atoms with Crippen molar-refractivity contribution < 1.29 is 19.4 Å². The SMILES string of the molecule is COc1ccc(Cl)c(/C(O)=C2\C(=O)C(=O)N(c3ccc(C(C)C)cc3)C2c2ccccc2)c1. The van der Waals surface area contributed by atoms with Crippen LogP contribution in [-0.2, 0) is 9.59 Å². The van der Waals surface area contributed by atoms with Crippen molar-refractivity contribution in [3.05, 3.63) is 100 Å². The normalized spacial score (nSPS) is 17.6. The van der Waals surface area contributed by atoms with Gasteiger partial charge in [0.2, 0.25) is 0 Å². The number of methoxy groups -OCH3 is 1. The van der Waals surface area contributed by atoms with Gasteiger partial charge >= 0.3 is 0 Å². The summed E-state index contributed by atoms with van der Waals surface area (Å²) in [5, 5.41) is 11.5. The molecular formula is C27H24ClNO4. The molecule has 1 N–H and O–H groups in total. The Morgan fingerprint density at radius 2 is 1.67 bits per heavy atom. The maximum Gasteiger partial charge on any atom is 0.300 e. The predicted molar refractivity (Wildman–Crippen MR) is 130 cm³/mol. The molecule has 33 heavy (non-hydrogen) atoms. The van der Waals surface area contributed by atoms with Crippen LogP contribution in [0.3, 0.4) is 0 Å². The zero-order valence-electron chi connectivity index (χ0n) is 18.6. The Morgan fingerprint density at radius 1 is 1.00 bits per heavy atom. The van der Waals surface area contributed by atoms with E-state index in [1.54, 1.807) is 18.2 Å². The zero-order valence-corrected chi connectivity index (χ0v) is 19.3. The molecule has 1 fully saturated rings. The molecule has 1 atom stereocenters.